The first-order valence-electron chi connectivity index (χ1n) is 6.66. The van der Waals surface area contributed by atoms with Crippen LogP contribution in [0.5, 0.6) is 0 Å². The number of benzene rings is 1. The topological polar surface area (TPSA) is 26.3 Å². The fourth-order valence-corrected chi connectivity index (χ4v) is 2.05. The van der Waals surface area contributed by atoms with Gasteiger partial charge < -0.3 is 4.74 Å². The summed E-state index contributed by atoms with van der Waals surface area (Å²) in [6, 6.07) is 9.80. The Kier molecular flexibility index (Phi) is 5.54. The van der Waals surface area contributed by atoms with E-state index in [1.54, 1.807) is 0 Å². The first-order valence-corrected chi connectivity index (χ1v) is 6.66. The first kappa shape index (κ1) is 14.9. The lowest BCUT2D eigenvalue weighted by Crippen LogP contribution is -2.34. The second kappa shape index (κ2) is 6.69. The fraction of sp³-hybridized carbons (Fsp3) is 0.562. The molecule has 1 aromatic rings. The predicted octanol–water partition coefficient (Wildman–Crippen LogP) is 3.80. The molecule has 0 saturated carbocycles. The van der Waals surface area contributed by atoms with Crippen LogP contribution in [0, 0.1) is 11.8 Å². The molecule has 1 aromatic carbocycles. The highest BCUT2D eigenvalue weighted by Crippen LogP contribution is 2.31. The zero-order chi connectivity index (χ0) is 13.6. The van der Waals surface area contributed by atoms with Crippen molar-refractivity contribution in [1.82, 2.24) is 0 Å². The van der Waals surface area contributed by atoms with Crippen molar-refractivity contribution in [3.8, 4) is 0 Å². The monoisotopic (exact) mass is 248 g/mol. The van der Waals surface area contributed by atoms with Crippen molar-refractivity contribution in [2.45, 2.75) is 39.7 Å². The van der Waals surface area contributed by atoms with E-state index < -0.39 is 5.60 Å². The Bertz CT molecular complexity index is 357. The zero-order valence-corrected chi connectivity index (χ0v) is 11.8. The molecule has 0 spiro atoms. The molecule has 0 aliphatic rings. The zero-order valence-electron chi connectivity index (χ0n) is 11.8. The van der Waals surface area contributed by atoms with Crippen LogP contribution in [-0.2, 0) is 15.1 Å². The summed E-state index contributed by atoms with van der Waals surface area (Å²) in [5.74, 6) is 0.822. The molecule has 0 aromatic heterocycles. The summed E-state index contributed by atoms with van der Waals surface area (Å²) in [5, 5.41) is 0. The maximum atomic E-state index is 11.7. The number of hydrogen-bond acceptors (Lipinski definition) is 2. The van der Waals surface area contributed by atoms with Gasteiger partial charge in [0.1, 0.15) is 5.60 Å². The Morgan fingerprint density at radius 3 is 2.17 bits per heavy atom. The third-order valence-corrected chi connectivity index (χ3v) is 2.84. The highest BCUT2D eigenvalue weighted by atomic mass is 16.5. The van der Waals surface area contributed by atoms with Crippen LogP contribution in [-0.4, -0.2) is 12.9 Å². The number of ether oxygens (including phenoxy) is 1. The highest BCUT2D eigenvalue weighted by molar-refractivity contribution is 5.66. The second-order valence-electron chi connectivity index (χ2n) is 5.68. The van der Waals surface area contributed by atoms with Crippen molar-refractivity contribution in [3.63, 3.8) is 0 Å². The maximum Gasteiger partial charge on any atom is 0.156 e. The molecular weight excluding hydrogens is 224 g/mol. The molecule has 1 atom stereocenters. The largest absolute Gasteiger partial charge is 0.362 e. The number of carbonyl (C=O) groups excluding carboxylic acids is 1. The smallest absolute Gasteiger partial charge is 0.156 e. The maximum absolute atomic E-state index is 11.7. The van der Waals surface area contributed by atoms with Gasteiger partial charge in [0.05, 0.1) is 6.61 Å². The van der Waals surface area contributed by atoms with E-state index in [2.05, 4.69) is 27.7 Å². The number of aldehydes is 1. The molecule has 1 rings (SSSR count). The highest BCUT2D eigenvalue weighted by Gasteiger charge is 2.33. The van der Waals surface area contributed by atoms with Gasteiger partial charge in [-0.05, 0) is 23.8 Å². The van der Waals surface area contributed by atoms with Crippen LogP contribution in [0.15, 0.2) is 30.3 Å². The first-order chi connectivity index (χ1) is 8.50. The van der Waals surface area contributed by atoms with Crippen LogP contribution >= 0.6 is 0 Å². The number of carbonyl (C=O) groups is 1. The van der Waals surface area contributed by atoms with Crippen LogP contribution in [0.25, 0.3) is 0 Å². The van der Waals surface area contributed by atoms with E-state index in [4.69, 9.17) is 4.74 Å². The van der Waals surface area contributed by atoms with Crippen LogP contribution in [0.2, 0.25) is 0 Å². The molecule has 0 aliphatic carbocycles. The Morgan fingerprint density at radius 1 is 1.11 bits per heavy atom. The van der Waals surface area contributed by atoms with Crippen LogP contribution in [0.1, 0.15) is 39.7 Å². The molecule has 0 fully saturated rings. The van der Waals surface area contributed by atoms with E-state index in [9.17, 15) is 4.79 Å². The third-order valence-electron chi connectivity index (χ3n) is 2.84. The molecule has 0 amide bonds. The lowest BCUT2D eigenvalue weighted by atomic mass is 9.86. The Hall–Kier alpha value is -1.15. The van der Waals surface area contributed by atoms with Crippen molar-refractivity contribution >= 4 is 6.29 Å². The molecule has 0 N–H and O–H groups in total. The van der Waals surface area contributed by atoms with E-state index in [0.717, 1.165) is 11.8 Å². The molecule has 0 aliphatic heterocycles. The van der Waals surface area contributed by atoms with Gasteiger partial charge >= 0.3 is 0 Å². The quantitative estimate of drug-likeness (QED) is 0.686. The molecule has 0 bridgehead atoms. The molecule has 18 heavy (non-hydrogen) atoms. The average molecular weight is 248 g/mol. The van der Waals surface area contributed by atoms with Gasteiger partial charge in [0.15, 0.2) is 6.29 Å². The minimum atomic E-state index is -0.792. The van der Waals surface area contributed by atoms with Crippen molar-refractivity contribution in [1.29, 1.82) is 0 Å². The molecule has 100 valence electrons. The van der Waals surface area contributed by atoms with Crippen LogP contribution < -0.4 is 0 Å². The molecule has 0 radical (unpaired) electrons. The van der Waals surface area contributed by atoms with E-state index >= 15 is 0 Å². The SMILES string of the molecule is CC(C)COC(C=O)(CC(C)C)c1ccccc1. The van der Waals surface area contributed by atoms with Crippen molar-refractivity contribution in [3.05, 3.63) is 35.9 Å². The molecule has 2 nitrogen and oxygen atoms in total. The minimum Gasteiger partial charge on any atom is -0.362 e. The average Bonchev–Trinajstić information content (AvgIpc) is 2.35. The Labute approximate surface area is 110 Å². The van der Waals surface area contributed by atoms with Gasteiger partial charge in [-0.1, -0.05) is 58.0 Å². The summed E-state index contributed by atoms with van der Waals surface area (Å²) < 4.78 is 5.97. The summed E-state index contributed by atoms with van der Waals surface area (Å²) in [6.45, 7) is 9.01. The Morgan fingerprint density at radius 2 is 1.72 bits per heavy atom. The summed E-state index contributed by atoms with van der Waals surface area (Å²) >= 11 is 0. The molecule has 2 heteroatoms. The van der Waals surface area contributed by atoms with Gasteiger partial charge in [0.2, 0.25) is 0 Å². The van der Waals surface area contributed by atoms with E-state index in [1.807, 2.05) is 30.3 Å². The van der Waals surface area contributed by atoms with Gasteiger partial charge in [-0.3, -0.25) is 4.79 Å². The lowest BCUT2D eigenvalue weighted by molar-refractivity contribution is -0.137. The molecular formula is C16H24O2. The van der Waals surface area contributed by atoms with Gasteiger partial charge in [-0.25, -0.2) is 0 Å². The second-order valence-corrected chi connectivity index (χ2v) is 5.68. The van der Waals surface area contributed by atoms with E-state index in [1.165, 1.54) is 0 Å². The van der Waals surface area contributed by atoms with E-state index in [-0.39, 0.29) is 0 Å². The van der Waals surface area contributed by atoms with Crippen molar-refractivity contribution in [2.24, 2.45) is 11.8 Å². The number of hydrogen-bond donors (Lipinski definition) is 0. The predicted molar refractivity (Wildman–Crippen MR) is 74.4 cm³/mol. The normalized spacial score (nSPS) is 14.8. The number of rotatable bonds is 7. The Balaban J connectivity index is 3.01. The third kappa shape index (κ3) is 3.95. The molecule has 0 saturated heterocycles. The van der Waals surface area contributed by atoms with E-state index in [0.29, 0.717) is 24.9 Å². The van der Waals surface area contributed by atoms with Crippen molar-refractivity contribution < 1.29 is 9.53 Å². The van der Waals surface area contributed by atoms with Crippen LogP contribution in [0.4, 0.5) is 0 Å². The molecule has 1 unspecified atom stereocenters. The van der Waals surface area contributed by atoms with Gasteiger partial charge in [-0.2, -0.15) is 0 Å². The lowest BCUT2D eigenvalue weighted by Gasteiger charge is -2.31. The van der Waals surface area contributed by atoms with Gasteiger partial charge in [-0.15, -0.1) is 0 Å². The van der Waals surface area contributed by atoms with Crippen LogP contribution in [0.3, 0.4) is 0 Å². The summed E-state index contributed by atoms with van der Waals surface area (Å²) in [5.41, 5.74) is 0.161. The fourth-order valence-electron chi connectivity index (χ4n) is 2.05. The molecule has 0 heterocycles. The van der Waals surface area contributed by atoms with Gasteiger partial charge in [0.25, 0.3) is 0 Å². The van der Waals surface area contributed by atoms with Crippen molar-refractivity contribution in [2.75, 3.05) is 6.61 Å². The summed E-state index contributed by atoms with van der Waals surface area (Å²) in [4.78, 5) is 11.7. The minimum absolute atomic E-state index is 0.405. The standard InChI is InChI=1S/C16H24O2/c1-13(2)10-16(12-17,18-11-14(3)4)15-8-6-5-7-9-15/h5-9,12-14H,10-11H2,1-4H3. The summed E-state index contributed by atoms with van der Waals surface area (Å²) in [7, 11) is 0. The summed E-state index contributed by atoms with van der Waals surface area (Å²) in [6.07, 6.45) is 1.68. The van der Waals surface area contributed by atoms with Gasteiger partial charge in [0, 0.05) is 0 Å².